The highest BCUT2D eigenvalue weighted by atomic mass is 16.1. The molecule has 2 rings (SSSR count). The highest BCUT2D eigenvalue weighted by Crippen LogP contribution is 1.62. The molecule has 6 heteroatoms. The number of hydrogen-bond donors (Lipinski definition) is 0. The van der Waals surface area contributed by atoms with Crippen LogP contribution in [0.5, 0.6) is 0 Å². The number of hydrogen-bond acceptors (Lipinski definition) is 6. The molecule has 0 aliphatic rings. The Balaban J connectivity index is 0.000000160. The first-order chi connectivity index (χ1) is 7.79. The van der Waals surface area contributed by atoms with E-state index in [0.29, 0.717) is 0 Å². The normalized spacial score (nSPS) is 8.50. The summed E-state index contributed by atoms with van der Waals surface area (Å²) in [6.07, 6.45) is 8.47. The molecule has 0 atom stereocenters. The van der Waals surface area contributed by atoms with Crippen molar-refractivity contribution in [1.29, 1.82) is 0 Å². The van der Waals surface area contributed by atoms with Crippen LogP contribution in [0.3, 0.4) is 0 Å². The lowest BCUT2D eigenvalue weighted by molar-refractivity contribution is 1.27. The Bertz CT molecular complexity index is 453. The van der Waals surface area contributed by atoms with E-state index in [0.717, 1.165) is 0 Å². The molecule has 16 heavy (non-hydrogen) atoms. The lowest BCUT2D eigenvalue weighted by atomic mass is 10.7. The quantitative estimate of drug-likeness (QED) is 0.599. The second-order valence-corrected chi connectivity index (χ2v) is 2.46. The molecule has 2 heterocycles. The molecule has 0 saturated carbocycles. The topological polar surface area (TPSA) is 85.7 Å². The second-order valence-electron chi connectivity index (χ2n) is 2.46. The first-order valence-corrected chi connectivity index (χ1v) is 4.32. The summed E-state index contributed by atoms with van der Waals surface area (Å²) < 4.78 is 0. The summed E-state index contributed by atoms with van der Waals surface area (Å²) in [5.41, 5.74) is -0.523. The Hall–Kier alpha value is -2.50. The molecule has 0 aromatic carbocycles. The van der Waals surface area contributed by atoms with Gasteiger partial charge >= 0.3 is 0 Å². The lowest BCUT2D eigenvalue weighted by Gasteiger charge is -1.55. The molecule has 0 amide bonds. The van der Waals surface area contributed by atoms with Crippen molar-refractivity contribution in [2.45, 2.75) is 0 Å². The van der Waals surface area contributed by atoms with E-state index >= 15 is 0 Å². The zero-order chi connectivity index (χ0) is 11.6. The fourth-order valence-corrected chi connectivity index (χ4v) is 0.690. The van der Waals surface area contributed by atoms with E-state index in [1.807, 2.05) is 0 Å². The van der Waals surface area contributed by atoms with Gasteiger partial charge in [-0.15, -0.1) is 0 Å². The minimum absolute atomic E-state index is 0.262. The predicted molar refractivity (Wildman–Crippen MR) is 56.6 cm³/mol. The van der Waals surface area contributed by atoms with Crippen molar-refractivity contribution in [2.24, 2.45) is 0 Å². The van der Waals surface area contributed by atoms with Gasteiger partial charge in [0.1, 0.15) is 0 Å². The Labute approximate surface area is 90.7 Å². The van der Waals surface area contributed by atoms with Crippen molar-refractivity contribution in [1.82, 2.24) is 19.9 Å². The Morgan fingerprint density at radius 2 is 1.06 bits per heavy atom. The lowest BCUT2D eigenvalue weighted by Crippen LogP contribution is -1.95. The number of rotatable bonds is 0. The zero-order valence-corrected chi connectivity index (χ0v) is 8.22. The fourth-order valence-electron chi connectivity index (χ4n) is 0.690. The van der Waals surface area contributed by atoms with Crippen LogP contribution >= 0.6 is 0 Å². The van der Waals surface area contributed by atoms with Crippen molar-refractivity contribution in [2.75, 3.05) is 0 Å². The van der Waals surface area contributed by atoms with Crippen LogP contribution in [0.1, 0.15) is 0 Å². The van der Waals surface area contributed by atoms with Crippen LogP contribution in [0.2, 0.25) is 0 Å². The van der Waals surface area contributed by atoms with Crippen LogP contribution in [0.15, 0.2) is 58.9 Å². The maximum atomic E-state index is 10.3. The molecule has 0 N–H and O–H groups in total. The van der Waals surface area contributed by atoms with E-state index in [-0.39, 0.29) is 11.1 Å². The van der Waals surface area contributed by atoms with Gasteiger partial charge in [0.25, 0.3) is 11.1 Å². The van der Waals surface area contributed by atoms with Gasteiger partial charge in [0.2, 0.25) is 0 Å². The summed E-state index contributed by atoms with van der Waals surface area (Å²) in [5, 5.41) is 0. The van der Waals surface area contributed by atoms with Gasteiger partial charge in [0, 0.05) is 49.3 Å². The van der Waals surface area contributed by atoms with E-state index in [2.05, 4.69) is 19.9 Å². The molecule has 0 unspecified atom stereocenters. The van der Waals surface area contributed by atoms with Gasteiger partial charge in [-0.25, -0.2) is 9.97 Å². The van der Waals surface area contributed by atoms with E-state index in [1.165, 1.54) is 49.3 Å². The minimum atomic E-state index is -0.262. The summed E-state index contributed by atoms with van der Waals surface area (Å²) in [6.45, 7) is 0. The zero-order valence-electron chi connectivity index (χ0n) is 8.22. The summed E-state index contributed by atoms with van der Waals surface area (Å²) >= 11 is 0. The molecular formula is C10H8N4O2. The monoisotopic (exact) mass is 216 g/mol. The van der Waals surface area contributed by atoms with E-state index in [9.17, 15) is 9.59 Å². The summed E-state index contributed by atoms with van der Waals surface area (Å²) in [5.74, 6) is 0. The Morgan fingerprint density at radius 3 is 1.50 bits per heavy atom. The average molecular weight is 216 g/mol. The van der Waals surface area contributed by atoms with Gasteiger partial charge in [0.05, 0.1) is 0 Å². The van der Waals surface area contributed by atoms with Crippen LogP contribution < -0.4 is 11.1 Å². The second kappa shape index (κ2) is 6.88. The smallest absolute Gasteiger partial charge is 0.267 e. The SMILES string of the molecule is O=c1ccnccn1.O=c1ccnccn1. The van der Waals surface area contributed by atoms with Crippen molar-refractivity contribution >= 4 is 0 Å². The highest BCUT2D eigenvalue weighted by Gasteiger charge is 1.72. The van der Waals surface area contributed by atoms with Gasteiger partial charge in [-0.05, 0) is 0 Å². The van der Waals surface area contributed by atoms with Crippen molar-refractivity contribution in [3.05, 3.63) is 70.0 Å². The van der Waals surface area contributed by atoms with Gasteiger partial charge in [-0.2, -0.15) is 0 Å². The minimum Gasteiger partial charge on any atom is -0.267 e. The maximum Gasteiger partial charge on any atom is 0.271 e. The van der Waals surface area contributed by atoms with Gasteiger partial charge in [0.15, 0.2) is 0 Å². The number of nitrogens with zero attached hydrogens (tertiary/aromatic N) is 4. The molecule has 80 valence electrons. The molecule has 0 bridgehead atoms. The van der Waals surface area contributed by atoms with Gasteiger partial charge in [-0.3, -0.25) is 19.6 Å². The van der Waals surface area contributed by atoms with Crippen LogP contribution in [0.4, 0.5) is 0 Å². The molecule has 2 aromatic rings. The summed E-state index contributed by atoms with van der Waals surface area (Å²) in [7, 11) is 0. The predicted octanol–water partition coefficient (Wildman–Crippen LogP) is -0.326. The molecule has 0 fully saturated rings. The molecule has 2 aromatic heterocycles. The average Bonchev–Trinajstić information content (AvgIpc) is 2.64. The van der Waals surface area contributed by atoms with Gasteiger partial charge in [-0.1, -0.05) is 0 Å². The van der Waals surface area contributed by atoms with Crippen molar-refractivity contribution in [3.8, 4) is 0 Å². The molecule has 0 spiro atoms. The molecule has 0 aliphatic carbocycles. The fraction of sp³-hybridized carbons (Fsp3) is 0. The van der Waals surface area contributed by atoms with Crippen molar-refractivity contribution in [3.63, 3.8) is 0 Å². The third kappa shape index (κ3) is 5.28. The van der Waals surface area contributed by atoms with Crippen LogP contribution in [0, 0.1) is 0 Å². The van der Waals surface area contributed by atoms with Crippen LogP contribution in [-0.2, 0) is 0 Å². The summed E-state index contributed by atoms with van der Waals surface area (Å²) in [4.78, 5) is 34.8. The van der Waals surface area contributed by atoms with Gasteiger partial charge < -0.3 is 0 Å². The Kier molecular flexibility index (Phi) is 4.98. The van der Waals surface area contributed by atoms with E-state index in [1.54, 1.807) is 0 Å². The summed E-state index contributed by atoms with van der Waals surface area (Å²) in [6, 6.07) is 2.61. The van der Waals surface area contributed by atoms with Crippen molar-refractivity contribution < 1.29 is 0 Å². The molecule has 0 saturated heterocycles. The largest absolute Gasteiger partial charge is 0.271 e. The third-order valence-electron chi connectivity index (χ3n) is 1.32. The van der Waals surface area contributed by atoms with E-state index < -0.39 is 0 Å². The molecule has 0 aliphatic heterocycles. The highest BCUT2D eigenvalue weighted by molar-refractivity contribution is 4.79. The first kappa shape index (κ1) is 11.6. The standard InChI is InChI=1S/2C5H4N2O/c2*8-5-1-2-6-3-4-7-5/h2*1-4H. The van der Waals surface area contributed by atoms with Crippen LogP contribution in [-0.4, -0.2) is 19.9 Å². The first-order valence-electron chi connectivity index (χ1n) is 4.32. The third-order valence-corrected chi connectivity index (χ3v) is 1.32. The maximum absolute atomic E-state index is 10.3. The molecule has 6 nitrogen and oxygen atoms in total. The Morgan fingerprint density at radius 1 is 0.625 bits per heavy atom. The number of aromatic nitrogens is 4. The van der Waals surface area contributed by atoms with E-state index in [4.69, 9.17) is 0 Å². The molecule has 0 radical (unpaired) electrons. The molecular weight excluding hydrogens is 208 g/mol. The van der Waals surface area contributed by atoms with Crippen LogP contribution in [0.25, 0.3) is 0 Å².